The molecule has 0 fully saturated rings. The third-order valence-electron chi connectivity index (χ3n) is 4.16. The van der Waals surface area contributed by atoms with Crippen LogP contribution in [0.2, 0.25) is 0 Å². The molecular formula is C21H19FN2O3S. The van der Waals surface area contributed by atoms with Crippen molar-refractivity contribution >= 4 is 21.9 Å². The minimum atomic E-state index is -4.84. The lowest BCUT2D eigenvalue weighted by Gasteiger charge is -2.20. The molecule has 0 heterocycles. The lowest BCUT2D eigenvalue weighted by atomic mass is 9.99. The highest BCUT2D eigenvalue weighted by Gasteiger charge is 2.17. The molecule has 0 aliphatic rings. The molecule has 3 rings (SSSR count). The maximum absolute atomic E-state index is 13.2. The summed E-state index contributed by atoms with van der Waals surface area (Å²) in [4.78, 5) is 12.0. The van der Waals surface area contributed by atoms with Gasteiger partial charge in [-0.25, -0.2) is 4.79 Å². The summed E-state index contributed by atoms with van der Waals surface area (Å²) in [5, 5.41) is 5.45. The molecule has 0 saturated heterocycles. The van der Waals surface area contributed by atoms with Crippen molar-refractivity contribution < 1.29 is 17.1 Å². The molecule has 0 aliphatic heterocycles. The maximum atomic E-state index is 13.2. The van der Waals surface area contributed by atoms with Crippen molar-refractivity contribution in [2.24, 2.45) is 0 Å². The van der Waals surface area contributed by atoms with Gasteiger partial charge in [0.15, 0.2) is 0 Å². The molecule has 0 saturated carbocycles. The monoisotopic (exact) mass is 398 g/mol. The Morgan fingerprint density at radius 3 is 2.18 bits per heavy atom. The minimum absolute atomic E-state index is 0.183. The molecule has 3 aromatic rings. The fourth-order valence-electron chi connectivity index (χ4n) is 2.84. The summed E-state index contributed by atoms with van der Waals surface area (Å²) in [6.07, 6.45) is 0.581. The van der Waals surface area contributed by atoms with Gasteiger partial charge in [0, 0.05) is 5.69 Å². The van der Waals surface area contributed by atoms with Crippen LogP contribution in [-0.2, 0) is 16.6 Å². The highest BCUT2D eigenvalue weighted by Crippen LogP contribution is 2.20. The highest BCUT2D eigenvalue weighted by atomic mass is 32.3. The number of carbonyl (C=O) groups excluding carboxylic acids is 1. The van der Waals surface area contributed by atoms with E-state index in [1.807, 2.05) is 60.7 Å². The molecule has 2 N–H and O–H groups in total. The smallest absolute Gasteiger partial charge is 0.331 e. The number of rotatable bonds is 6. The van der Waals surface area contributed by atoms with Crippen molar-refractivity contribution in [1.82, 2.24) is 5.32 Å². The number of carbonyl (C=O) groups is 1. The van der Waals surface area contributed by atoms with Gasteiger partial charge in [0.2, 0.25) is 0 Å². The van der Waals surface area contributed by atoms with Gasteiger partial charge in [-0.05, 0) is 35.7 Å². The molecule has 1 atom stereocenters. The van der Waals surface area contributed by atoms with Crippen LogP contribution in [0.1, 0.15) is 17.2 Å². The predicted octanol–water partition coefficient (Wildman–Crippen LogP) is 4.45. The standard InChI is InChI=1S/C21H19FN2O3S/c22-28(26,27)19-13-7-12-18(15-19)23-21(25)24-20(17-10-5-2-6-11-17)14-16-8-3-1-4-9-16/h1-13,15,20H,14H2,(H2,23,24,25). The van der Waals surface area contributed by atoms with Crippen LogP contribution < -0.4 is 10.6 Å². The van der Waals surface area contributed by atoms with Gasteiger partial charge >= 0.3 is 16.3 Å². The summed E-state index contributed by atoms with van der Waals surface area (Å²) in [5.74, 6) is 0. The van der Waals surface area contributed by atoms with E-state index in [2.05, 4.69) is 10.6 Å². The van der Waals surface area contributed by atoms with Crippen LogP contribution in [0.25, 0.3) is 0 Å². The second-order valence-corrected chi connectivity index (χ2v) is 7.56. The second-order valence-electron chi connectivity index (χ2n) is 6.22. The summed E-state index contributed by atoms with van der Waals surface area (Å²) in [7, 11) is -4.84. The number of halogens is 1. The van der Waals surface area contributed by atoms with E-state index >= 15 is 0 Å². The van der Waals surface area contributed by atoms with E-state index in [-0.39, 0.29) is 11.7 Å². The van der Waals surface area contributed by atoms with E-state index in [0.717, 1.165) is 23.3 Å². The molecule has 144 valence electrons. The fourth-order valence-corrected chi connectivity index (χ4v) is 3.35. The van der Waals surface area contributed by atoms with Gasteiger partial charge in [0.25, 0.3) is 0 Å². The molecule has 0 bridgehead atoms. The van der Waals surface area contributed by atoms with Gasteiger partial charge < -0.3 is 10.6 Å². The number of benzene rings is 3. The zero-order valence-electron chi connectivity index (χ0n) is 14.9. The lowest BCUT2D eigenvalue weighted by molar-refractivity contribution is 0.248. The first kappa shape index (κ1) is 19.6. The summed E-state index contributed by atoms with van der Waals surface area (Å²) in [5.41, 5.74) is 2.17. The highest BCUT2D eigenvalue weighted by molar-refractivity contribution is 7.86. The summed E-state index contributed by atoms with van der Waals surface area (Å²) >= 11 is 0. The third-order valence-corrected chi connectivity index (χ3v) is 4.98. The molecular weight excluding hydrogens is 379 g/mol. The maximum Gasteiger partial charge on any atom is 0.332 e. The zero-order valence-corrected chi connectivity index (χ0v) is 15.7. The quantitative estimate of drug-likeness (QED) is 0.603. The van der Waals surface area contributed by atoms with E-state index in [0.29, 0.717) is 6.42 Å². The predicted molar refractivity (Wildman–Crippen MR) is 106 cm³/mol. The summed E-state index contributed by atoms with van der Waals surface area (Å²) in [6.45, 7) is 0. The Morgan fingerprint density at radius 2 is 1.54 bits per heavy atom. The second kappa shape index (κ2) is 8.67. The van der Waals surface area contributed by atoms with Gasteiger partial charge in [0.1, 0.15) is 4.90 Å². The van der Waals surface area contributed by atoms with Crippen LogP contribution in [0.4, 0.5) is 14.4 Å². The van der Waals surface area contributed by atoms with Crippen LogP contribution >= 0.6 is 0 Å². The van der Waals surface area contributed by atoms with Crippen molar-refractivity contribution in [3.63, 3.8) is 0 Å². The molecule has 7 heteroatoms. The van der Waals surface area contributed by atoms with Crippen LogP contribution in [0.5, 0.6) is 0 Å². The van der Waals surface area contributed by atoms with E-state index in [4.69, 9.17) is 0 Å². The first-order valence-electron chi connectivity index (χ1n) is 8.63. The van der Waals surface area contributed by atoms with Crippen molar-refractivity contribution in [2.45, 2.75) is 17.4 Å². The van der Waals surface area contributed by atoms with Crippen LogP contribution in [0.3, 0.4) is 0 Å². The van der Waals surface area contributed by atoms with Crippen LogP contribution in [0, 0.1) is 0 Å². The van der Waals surface area contributed by atoms with E-state index in [9.17, 15) is 17.1 Å². The summed E-state index contributed by atoms with van der Waals surface area (Å²) < 4.78 is 35.2. The SMILES string of the molecule is O=C(Nc1cccc(S(=O)(=O)F)c1)NC(Cc1ccccc1)c1ccccc1. The zero-order chi connectivity index (χ0) is 20.0. The minimum Gasteiger partial charge on any atom is -0.331 e. The Bertz CT molecular complexity index is 1040. The number of hydrogen-bond donors (Lipinski definition) is 2. The molecule has 0 aromatic heterocycles. The number of anilines is 1. The Labute approximate surface area is 163 Å². The first-order valence-corrected chi connectivity index (χ1v) is 10.0. The Kier molecular flexibility index (Phi) is 6.06. The Morgan fingerprint density at radius 1 is 0.893 bits per heavy atom. The van der Waals surface area contributed by atoms with E-state index in [1.165, 1.54) is 12.1 Å². The van der Waals surface area contributed by atoms with Crippen molar-refractivity contribution in [2.75, 3.05) is 5.32 Å². The topological polar surface area (TPSA) is 75.3 Å². The third kappa shape index (κ3) is 5.40. The number of hydrogen-bond acceptors (Lipinski definition) is 3. The van der Waals surface area contributed by atoms with Crippen molar-refractivity contribution in [3.05, 3.63) is 96.1 Å². The Balaban J connectivity index is 1.76. The molecule has 5 nitrogen and oxygen atoms in total. The van der Waals surface area contributed by atoms with Gasteiger partial charge in [-0.1, -0.05) is 66.7 Å². The van der Waals surface area contributed by atoms with Gasteiger partial charge in [0.05, 0.1) is 6.04 Å². The van der Waals surface area contributed by atoms with Crippen molar-refractivity contribution in [1.29, 1.82) is 0 Å². The fraction of sp³-hybridized carbons (Fsp3) is 0.0952. The largest absolute Gasteiger partial charge is 0.332 e. The van der Waals surface area contributed by atoms with Gasteiger partial charge in [-0.15, -0.1) is 3.89 Å². The lowest BCUT2D eigenvalue weighted by Crippen LogP contribution is -2.33. The normalized spacial score (nSPS) is 12.2. The molecule has 2 amide bonds. The molecule has 1 unspecified atom stereocenters. The summed E-state index contributed by atoms with van der Waals surface area (Å²) in [6, 6.07) is 23.5. The number of nitrogens with one attached hydrogen (secondary N) is 2. The molecule has 3 aromatic carbocycles. The van der Waals surface area contributed by atoms with E-state index < -0.39 is 21.1 Å². The van der Waals surface area contributed by atoms with E-state index in [1.54, 1.807) is 0 Å². The Hall–Kier alpha value is -3.19. The first-order chi connectivity index (χ1) is 13.4. The van der Waals surface area contributed by atoms with Gasteiger partial charge in [-0.3, -0.25) is 0 Å². The van der Waals surface area contributed by atoms with Crippen LogP contribution in [-0.4, -0.2) is 14.4 Å². The molecule has 0 radical (unpaired) electrons. The van der Waals surface area contributed by atoms with Crippen molar-refractivity contribution in [3.8, 4) is 0 Å². The van der Waals surface area contributed by atoms with Gasteiger partial charge in [-0.2, -0.15) is 8.42 Å². The van der Waals surface area contributed by atoms with Crippen LogP contribution in [0.15, 0.2) is 89.8 Å². The average Bonchev–Trinajstić information content (AvgIpc) is 2.68. The average molecular weight is 398 g/mol. The molecule has 0 aliphatic carbocycles. The number of amides is 2. The molecule has 28 heavy (non-hydrogen) atoms. The number of urea groups is 1. The molecule has 0 spiro atoms.